The molecule has 69 heavy (non-hydrogen) atoms. The van der Waals surface area contributed by atoms with Crippen molar-refractivity contribution in [2.45, 2.75) is 130 Å². The number of aryl methyl sites for hydroxylation is 1. The number of methoxy groups -OCH3 is 2. The van der Waals surface area contributed by atoms with Gasteiger partial charge in [0.25, 0.3) is 5.91 Å². The molecule has 5 fully saturated rings. The second-order valence-electron chi connectivity index (χ2n) is 21.3. The first kappa shape index (κ1) is 49.5. The molecule has 0 radical (unpaired) electrons. The van der Waals surface area contributed by atoms with E-state index in [9.17, 15) is 14.4 Å². The fourth-order valence-corrected chi connectivity index (χ4v) is 9.92. The van der Waals surface area contributed by atoms with Gasteiger partial charge in [0.1, 0.15) is 53.3 Å². The van der Waals surface area contributed by atoms with Gasteiger partial charge in [-0.3, -0.25) is 4.79 Å². The van der Waals surface area contributed by atoms with Gasteiger partial charge in [-0.2, -0.15) is 0 Å². The predicted octanol–water partition coefficient (Wildman–Crippen LogP) is 10.3. The number of likely N-dealkylation sites (tertiary alicyclic amines) is 1. The lowest BCUT2D eigenvalue weighted by Gasteiger charge is -2.64. The normalized spacial score (nSPS) is 21.5. The summed E-state index contributed by atoms with van der Waals surface area (Å²) in [6, 6.07) is 23.7. The Labute approximate surface area is 406 Å². The number of amides is 1. The van der Waals surface area contributed by atoms with E-state index in [1.54, 1.807) is 91.0 Å². The van der Waals surface area contributed by atoms with Crippen molar-refractivity contribution in [2.75, 3.05) is 27.3 Å². The van der Waals surface area contributed by atoms with Gasteiger partial charge in [-0.05, 0) is 157 Å². The Morgan fingerprint density at radius 2 is 1.33 bits per heavy atom. The quantitative estimate of drug-likeness (QED) is 0.0597. The molecule has 5 aliphatic rings. The third-order valence-electron chi connectivity index (χ3n) is 13.8. The van der Waals surface area contributed by atoms with Gasteiger partial charge in [-0.1, -0.05) is 44.2 Å². The van der Waals surface area contributed by atoms with Gasteiger partial charge in [0.05, 0.1) is 39.0 Å². The van der Waals surface area contributed by atoms with Crippen LogP contribution in [0.2, 0.25) is 6.32 Å². The van der Waals surface area contributed by atoms with E-state index in [0.29, 0.717) is 47.2 Å². The SMILES string of the molecule is COc1ccc(COc2ccc(C(=O)N3CC(Oc4ccc(CCB5O[C@@H]6C[C@@H]7C[C@@H](C7(C)C)[C@]6(C)O5)c(OC(=O)OC(C)(C)C)c4C(=O)OC(C)(C)C)C3)cc2OCc2ccc(OC)cc2)cc1. The third kappa shape index (κ3) is 11.1. The highest BCUT2D eigenvalue weighted by Crippen LogP contribution is 2.66. The van der Waals surface area contributed by atoms with Crippen molar-refractivity contribution in [2.24, 2.45) is 17.3 Å². The van der Waals surface area contributed by atoms with Crippen LogP contribution in [0.5, 0.6) is 34.5 Å². The molecule has 15 heteroatoms. The number of nitrogens with zero attached hydrogens (tertiary/aromatic N) is 1. The van der Waals surface area contributed by atoms with E-state index in [2.05, 4.69) is 20.8 Å². The van der Waals surface area contributed by atoms with Crippen LogP contribution in [0.3, 0.4) is 0 Å². The average molecular weight is 948 g/mol. The minimum absolute atomic E-state index is 0.00314. The zero-order valence-electron chi connectivity index (χ0n) is 41.8. The van der Waals surface area contributed by atoms with E-state index in [1.807, 2.05) is 48.5 Å². The van der Waals surface area contributed by atoms with Crippen LogP contribution in [0.4, 0.5) is 4.79 Å². The van der Waals surface area contributed by atoms with Crippen LogP contribution >= 0.6 is 0 Å². The van der Waals surface area contributed by atoms with E-state index >= 15 is 0 Å². The first-order valence-corrected chi connectivity index (χ1v) is 23.9. The Kier molecular flexibility index (Phi) is 14.0. The highest BCUT2D eigenvalue weighted by molar-refractivity contribution is 6.45. The summed E-state index contributed by atoms with van der Waals surface area (Å²) in [5, 5.41) is 0. The van der Waals surface area contributed by atoms with Crippen molar-refractivity contribution in [3.05, 3.63) is 107 Å². The number of hydrogen-bond donors (Lipinski definition) is 0. The summed E-state index contributed by atoms with van der Waals surface area (Å²) in [6.07, 6.45) is 1.40. The molecule has 4 aromatic rings. The summed E-state index contributed by atoms with van der Waals surface area (Å²) < 4.78 is 60.3. The second kappa shape index (κ2) is 19.5. The van der Waals surface area contributed by atoms with Gasteiger partial charge in [-0.25, -0.2) is 9.59 Å². The van der Waals surface area contributed by atoms with Crippen LogP contribution < -0.4 is 28.4 Å². The van der Waals surface area contributed by atoms with Crippen molar-refractivity contribution in [1.82, 2.24) is 4.90 Å². The maximum absolute atomic E-state index is 14.2. The number of rotatable bonds is 16. The first-order valence-electron chi connectivity index (χ1n) is 23.9. The maximum atomic E-state index is 14.2. The third-order valence-corrected chi connectivity index (χ3v) is 13.8. The largest absolute Gasteiger partial charge is 0.514 e. The molecule has 4 atom stereocenters. The lowest BCUT2D eigenvalue weighted by Crippen LogP contribution is -2.65. The Hall–Kier alpha value is -5.93. The lowest BCUT2D eigenvalue weighted by molar-refractivity contribution is -0.199. The van der Waals surface area contributed by atoms with E-state index in [-0.39, 0.29) is 66.4 Å². The minimum Gasteiger partial charge on any atom is -0.497 e. The lowest BCUT2D eigenvalue weighted by atomic mass is 9.43. The highest BCUT2D eigenvalue weighted by atomic mass is 16.7. The predicted molar refractivity (Wildman–Crippen MR) is 259 cm³/mol. The summed E-state index contributed by atoms with van der Waals surface area (Å²) >= 11 is 0. The van der Waals surface area contributed by atoms with E-state index in [0.717, 1.165) is 35.5 Å². The molecule has 0 N–H and O–H groups in total. The molecule has 2 saturated heterocycles. The Morgan fingerprint density at radius 3 is 1.91 bits per heavy atom. The maximum Gasteiger partial charge on any atom is 0.514 e. The minimum atomic E-state index is -0.982. The smallest absolute Gasteiger partial charge is 0.497 e. The average Bonchev–Trinajstić information content (AvgIpc) is 3.63. The van der Waals surface area contributed by atoms with Crippen molar-refractivity contribution in [1.29, 1.82) is 0 Å². The molecule has 2 bridgehead atoms. The molecule has 368 valence electrons. The molecular weight excluding hydrogens is 881 g/mol. The Bertz CT molecular complexity index is 2510. The van der Waals surface area contributed by atoms with E-state index in [4.69, 9.17) is 47.2 Å². The molecular formula is C54H66BNO13. The van der Waals surface area contributed by atoms with Gasteiger partial charge in [0.2, 0.25) is 0 Å². The van der Waals surface area contributed by atoms with Crippen LogP contribution in [-0.2, 0) is 38.4 Å². The highest BCUT2D eigenvalue weighted by Gasteiger charge is 2.67. The van der Waals surface area contributed by atoms with Crippen LogP contribution in [0, 0.1) is 17.3 Å². The number of carbonyl (C=O) groups is 3. The number of esters is 1. The van der Waals surface area contributed by atoms with Gasteiger partial charge in [0.15, 0.2) is 17.2 Å². The molecule has 3 aliphatic carbocycles. The topological polar surface area (TPSA) is 147 Å². The fourth-order valence-electron chi connectivity index (χ4n) is 9.92. The molecule has 9 rings (SSSR count). The molecule has 2 aliphatic heterocycles. The van der Waals surface area contributed by atoms with E-state index < -0.39 is 36.5 Å². The molecule has 1 amide bonds. The molecule has 0 spiro atoms. The van der Waals surface area contributed by atoms with Gasteiger partial charge in [-0.15, -0.1) is 0 Å². The van der Waals surface area contributed by atoms with Crippen LogP contribution in [0.25, 0.3) is 0 Å². The first-order chi connectivity index (χ1) is 32.6. The molecule has 2 heterocycles. The van der Waals surface area contributed by atoms with Crippen molar-refractivity contribution in [3.8, 4) is 34.5 Å². The van der Waals surface area contributed by atoms with Crippen LogP contribution in [-0.4, -0.2) is 86.4 Å². The van der Waals surface area contributed by atoms with Gasteiger partial charge >= 0.3 is 19.2 Å². The zero-order valence-corrected chi connectivity index (χ0v) is 41.8. The summed E-state index contributed by atoms with van der Waals surface area (Å²) in [6.45, 7) is 18.2. The van der Waals surface area contributed by atoms with Crippen LogP contribution in [0.15, 0.2) is 78.9 Å². The van der Waals surface area contributed by atoms with Crippen molar-refractivity contribution in [3.63, 3.8) is 0 Å². The van der Waals surface area contributed by atoms with Crippen LogP contribution in [0.1, 0.15) is 113 Å². The summed E-state index contributed by atoms with van der Waals surface area (Å²) in [4.78, 5) is 43.4. The summed E-state index contributed by atoms with van der Waals surface area (Å²) in [7, 11) is 2.75. The molecule has 3 saturated carbocycles. The fraction of sp³-hybridized carbons (Fsp3) is 0.500. The Morgan fingerprint density at radius 1 is 0.739 bits per heavy atom. The zero-order chi connectivity index (χ0) is 49.5. The number of benzene rings is 4. The standard InChI is InChI=1S/C54H66BNO13/c1-51(2,3)66-49(58)46-42(23-16-35(47(46)65-50(59)67-52(4,5)6)24-25-55-68-45-28-37-27-44(53(37,7)8)54(45,9)69-55)64-40-29-56(30-40)48(57)36-17-22-41(62-31-33-12-18-38(60-10)19-13-33)43(26-36)63-32-34-14-20-39(61-11)21-15-34/h12-23,26,37,40,44-45H,24-25,27-32H2,1-11H3/t37-,44-,45+,54-/m0/s1. The Balaban J connectivity index is 1.000. The monoisotopic (exact) mass is 947 g/mol. The van der Waals surface area contributed by atoms with Crippen molar-refractivity contribution >= 4 is 25.2 Å². The summed E-state index contributed by atoms with van der Waals surface area (Å²) in [5.41, 5.74) is 0.752. The number of ether oxygens (including phenoxy) is 8. The molecule has 0 unspecified atom stereocenters. The summed E-state index contributed by atoms with van der Waals surface area (Å²) in [5.74, 6) is 2.48. The van der Waals surface area contributed by atoms with Crippen molar-refractivity contribution < 1.29 is 61.6 Å². The molecule has 0 aromatic heterocycles. The number of carbonyl (C=O) groups excluding carboxylic acids is 3. The van der Waals surface area contributed by atoms with Gasteiger partial charge < -0.3 is 52.1 Å². The molecule has 4 aromatic carbocycles. The van der Waals surface area contributed by atoms with Gasteiger partial charge in [0, 0.05) is 5.56 Å². The second-order valence-corrected chi connectivity index (χ2v) is 21.3. The van der Waals surface area contributed by atoms with E-state index in [1.165, 1.54) is 0 Å². The molecule has 14 nitrogen and oxygen atoms in total. The number of hydrogen-bond acceptors (Lipinski definition) is 13.